The van der Waals surface area contributed by atoms with E-state index in [1.807, 2.05) is 0 Å². The quantitative estimate of drug-likeness (QED) is 0.270. The molecule has 31 heavy (non-hydrogen) atoms. The maximum Gasteiger partial charge on any atom is 0.399 e. The number of rotatable bonds is 8. The van der Waals surface area contributed by atoms with Gasteiger partial charge in [-0.05, 0) is 47.7 Å². The second-order valence-corrected chi connectivity index (χ2v) is 9.00. The van der Waals surface area contributed by atoms with Crippen LogP contribution in [0.4, 0.5) is 13.2 Å². The molecular formula is C22H20Cl4F3NS. The number of alkyl halides is 3. The first-order valence-corrected chi connectivity index (χ1v) is 11.4. The largest absolute Gasteiger partial charge is 0.399 e. The van der Waals surface area contributed by atoms with Gasteiger partial charge in [0.2, 0.25) is 0 Å². The summed E-state index contributed by atoms with van der Waals surface area (Å²) in [6.45, 7) is 2.55. The zero-order chi connectivity index (χ0) is 23.2. The lowest BCUT2D eigenvalue weighted by molar-refractivity contribution is -0.139. The minimum atomic E-state index is -4.54. The van der Waals surface area contributed by atoms with E-state index < -0.39 is 12.1 Å². The van der Waals surface area contributed by atoms with Gasteiger partial charge in [-0.3, -0.25) is 0 Å². The van der Waals surface area contributed by atoms with Crippen LogP contribution in [0.5, 0.6) is 0 Å². The monoisotopic (exact) mass is 527 g/mol. The molecule has 9 heteroatoms. The second kappa shape index (κ2) is 11.8. The minimum Gasteiger partial charge on any atom is -0.376 e. The van der Waals surface area contributed by atoms with Gasteiger partial charge >= 0.3 is 6.18 Å². The third-order valence-corrected chi connectivity index (χ3v) is 6.41. The smallest absolute Gasteiger partial charge is 0.376 e. The molecule has 168 valence electrons. The van der Waals surface area contributed by atoms with Crippen LogP contribution in [0.25, 0.3) is 6.08 Å². The second-order valence-electron chi connectivity index (χ2n) is 6.91. The van der Waals surface area contributed by atoms with Crippen LogP contribution in [0.1, 0.15) is 48.8 Å². The van der Waals surface area contributed by atoms with Crippen LogP contribution in [0.2, 0.25) is 20.1 Å². The van der Waals surface area contributed by atoms with E-state index in [-0.39, 0.29) is 20.6 Å². The molecule has 1 unspecified atom stereocenters. The van der Waals surface area contributed by atoms with E-state index in [1.165, 1.54) is 18.2 Å². The number of benzene rings is 2. The van der Waals surface area contributed by atoms with Gasteiger partial charge in [-0.15, -0.1) is 0 Å². The first-order chi connectivity index (χ1) is 14.5. The molecule has 0 radical (unpaired) electrons. The van der Waals surface area contributed by atoms with Crippen LogP contribution < -0.4 is 5.32 Å². The van der Waals surface area contributed by atoms with E-state index in [9.17, 15) is 13.2 Å². The molecular weight excluding hydrogens is 509 g/mol. The van der Waals surface area contributed by atoms with Crippen LogP contribution in [-0.2, 0) is 6.54 Å². The summed E-state index contributed by atoms with van der Waals surface area (Å²) in [6, 6.07) is 7.40. The standard InChI is InChI=1S/C22H20Cl4F3NS/c1-2-3-4-20(31)30-12-14-7-5-13(9-17(14)23)6-8-16(22(27,28)29)15-10-18(24)21(26)19(25)11-15/h5-11,16H,2-4,12H2,1H3,(H,30,31)/b8-6+. The van der Waals surface area contributed by atoms with Crippen LogP contribution in [0.15, 0.2) is 36.4 Å². The van der Waals surface area contributed by atoms with Crippen molar-refractivity contribution in [2.75, 3.05) is 0 Å². The van der Waals surface area contributed by atoms with Crippen molar-refractivity contribution in [3.8, 4) is 0 Å². The molecule has 1 N–H and O–H groups in total. The Morgan fingerprint density at radius 3 is 2.26 bits per heavy atom. The molecule has 0 saturated heterocycles. The third-order valence-electron chi connectivity index (χ3n) is 4.51. The molecule has 0 saturated carbocycles. The highest BCUT2D eigenvalue weighted by Crippen LogP contribution is 2.41. The fourth-order valence-electron chi connectivity index (χ4n) is 2.80. The lowest BCUT2D eigenvalue weighted by atomic mass is 9.97. The molecule has 0 bridgehead atoms. The molecule has 0 aliphatic heterocycles. The average Bonchev–Trinajstić information content (AvgIpc) is 2.68. The van der Waals surface area contributed by atoms with Gasteiger partial charge in [-0.2, -0.15) is 13.2 Å². The van der Waals surface area contributed by atoms with Crippen molar-refractivity contribution in [2.45, 2.75) is 44.8 Å². The van der Waals surface area contributed by atoms with Gasteiger partial charge in [-0.1, -0.05) is 96.3 Å². The van der Waals surface area contributed by atoms with Gasteiger partial charge in [-0.25, -0.2) is 0 Å². The van der Waals surface area contributed by atoms with E-state index in [1.54, 1.807) is 18.2 Å². The summed E-state index contributed by atoms with van der Waals surface area (Å²) in [5, 5.41) is 3.52. The van der Waals surface area contributed by atoms with Gasteiger partial charge in [0, 0.05) is 11.6 Å². The van der Waals surface area contributed by atoms with E-state index >= 15 is 0 Å². The number of unbranched alkanes of at least 4 members (excludes halogenated alkanes) is 1. The fraction of sp³-hybridized carbons (Fsp3) is 0.318. The maximum absolute atomic E-state index is 13.7. The van der Waals surface area contributed by atoms with Gasteiger partial charge < -0.3 is 5.32 Å². The Morgan fingerprint density at radius 1 is 1.06 bits per heavy atom. The Morgan fingerprint density at radius 2 is 1.71 bits per heavy atom. The van der Waals surface area contributed by atoms with E-state index in [0.717, 1.165) is 35.9 Å². The summed E-state index contributed by atoms with van der Waals surface area (Å²) in [4.78, 5) is 0.759. The Balaban J connectivity index is 2.19. The minimum absolute atomic E-state index is 0.0159. The number of allylic oxidation sites excluding steroid dienone is 1. The zero-order valence-electron chi connectivity index (χ0n) is 16.5. The molecule has 0 spiro atoms. The number of nitrogens with one attached hydrogen (secondary N) is 1. The van der Waals surface area contributed by atoms with Gasteiger partial charge in [0.25, 0.3) is 0 Å². The van der Waals surface area contributed by atoms with Crippen LogP contribution in [-0.4, -0.2) is 11.2 Å². The van der Waals surface area contributed by atoms with Crippen molar-refractivity contribution in [3.63, 3.8) is 0 Å². The Labute approximate surface area is 205 Å². The number of hydrogen-bond donors (Lipinski definition) is 1. The highest BCUT2D eigenvalue weighted by atomic mass is 35.5. The summed E-state index contributed by atoms with van der Waals surface area (Å²) in [5.74, 6) is -1.91. The number of halogens is 7. The number of hydrogen-bond acceptors (Lipinski definition) is 1. The van der Waals surface area contributed by atoms with Gasteiger partial charge in [0.1, 0.15) is 0 Å². The van der Waals surface area contributed by atoms with Crippen molar-refractivity contribution in [1.82, 2.24) is 5.32 Å². The molecule has 0 heterocycles. The van der Waals surface area contributed by atoms with E-state index in [0.29, 0.717) is 17.1 Å². The van der Waals surface area contributed by atoms with Crippen molar-refractivity contribution in [1.29, 1.82) is 0 Å². The first kappa shape index (κ1) is 26.3. The summed E-state index contributed by atoms with van der Waals surface area (Å²) in [7, 11) is 0. The summed E-state index contributed by atoms with van der Waals surface area (Å²) < 4.78 is 41.0. The van der Waals surface area contributed by atoms with Crippen molar-refractivity contribution in [2.24, 2.45) is 0 Å². The average molecular weight is 529 g/mol. The Bertz CT molecular complexity index is 937. The molecule has 0 amide bonds. The Hall–Kier alpha value is -0.980. The molecule has 0 aliphatic rings. The van der Waals surface area contributed by atoms with Gasteiger partial charge in [0.05, 0.1) is 26.0 Å². The SMILES string of the molecule is CCCCC(=S)NCc1ccc(/C=C/C(c2cc(Cl)c(Cl)c(Cl)c2)C(F)(F)F)cc1Cl. The van der Waals surface area contributed by atoms with Crippen molar-refractivity contribution >= 4 is 69.7 Å². The predicted octanol–water partition coefficient (Wildman–Crippen LogP) is 9.27. The molecule has 0 aromatic heterocycles. The van der Waals surface area contributed by atoms with Gasteiger partial charge in [0.15, 0.2) is 0 Å². The lowest BCUT2D eigenvalue weighted by Gasteiger charge is -2.18. The highest BCUT2D eigenvalue weighted by Gasteiger charge is 2.39. The summed E-state index contributed by atoms with van der Waals surface area (Å²) >= 11 is 29.2. The molecule has 1 atom stereocenters. The highest BCUT2D eigenvalue weighted by molar-refractivity contribution is 7.80. The van der Waals surface area contributed by atoms with Crippen molar-refractivity contribution in [3.05, 3.63) is 73.2 Å². The van der Waals surface area contributed by atoms with E-state index in [2.05, 4.69) is 12.2 Å². The predicted molar refractivity (Wildman–Crippen MR) is 130 cm³/mol. The summed E-state index contributed by atoms with van der Waals surface area (Å²) in [5.41, 5.74) is 1.24. The maximum atomic E-state index is 13.7. The van der Waals surface area contributed by atoms with E-state index in [4.69, 9.17) is 58.6 Å². The number of thiocarbonyl (C=S) groups is 1. The normalized spacial score (nSPS) is 12.9. The van der Waals surface area contributed by atoms with Crippen LogP contribution in [0, 0.1) is 0 Å². The first-order valence-electron chi connectivity index (χ1n) is 9.47. The molecule has 2 aromatic carbocycles. The van der Waals surface area contributed by atoms with Crippen LogP contribution >= 0.6 is 58.6 Å². The van der Waals surface area contributed by atoms with Crippen LogP contribution in [0.3, 0.4) is 0 Å². The molecule has 0 fully saturated rings. The van der Waals surface area contributed by atoms with Crippen molar-refractivity contribution < 1.29 is 13.2 Å². The topological polar surface area (TPSA) is 12.0 Å². The molecule has 2 rings (SSSR count). The third kappa shape index (κ3) is 7.83. The fourth-order valence-corrected chi connectivity index (χ4v) is 3.89. The molecule has 0 aliphatic carbocycles. The zero-order valence-corrected chi connectivity index (χ0v) is 20.3. The molecule has 1 nitrogen and oxygen atoms in total. The summed E-state index contributed by atoms with van der Waals surface area (Å²) in [6.07, 6.45) is 0.730. The Kier molecular flexibility index (Phi) is 9.97. The molecule has 2 aromatic rings. The lowest BCUT2D eigenvalue weighted by Crippen LogP contribution is -2.20.